The van der Waals surface area contributed by atoms with Crippen LogP contribution in [0.1, 0.15) is 13.3 Å². The molecule has 5 nitrogen and oxygen atoms in total. The van der Waals surface area contributed by atoms with E-state index in [1.54, 1.807) is 0 Å². The van der Waals surface area contributed by atoms with Crippen molar-refractivity contribution in [1.29, 1.82) is 0 Å². The predicted octanol–water partition coefficient (Wildman–Crippen LogP) is 1.11. The van der Waals surface area contributed by atoms with E-state index in [0.29, 0.717) is 13.0 Å². The van der Waals surface area contributed by atoms with Gasteiger partial charge >= 0.3 is 5.97 Å². The number of benzene rings is 1. The molecule has 1 heterocycles. The molecule has 104 valence electrons. The van der Waals surface area contributed by atoms with Gasteiger partial charge in [-0.15, -0.1) is 0 Å². The third-order valence-electron chi connectivity index (χ3n) is 3.00. The molecule has 1 aromatic rings. The van der Waals surface area contributed by atoms with Crippen LogP contribution in [0.4, 0.5) is 0 Å². The molecule has 2 N–H and O–H groups in total. The normalized spacial score (nSPS) is 28.7. The van der Waals surface area contributed by atoms with Gasteiger partial charge in [-0.3, -0.25) is 4.79 Å². The van der Waals surface area contributed by atoms with E-state index < -0.39 is 12.0 Å². The third-order valence-corrected chi connectivity index (χ3v) is 3.00. The Morgan fingerprint density at radius 2 is 2.05 bits per heavy atom. The Balaban J connectivity index is 2.03. The molecule has 0 aromatic heterocycles. The SMILES string of the molecule is C[C@@H]1OC(=O)C(N)COCCC1Oc1ccccc1. The number of ether oxygens (including phenoxy) is 3. The fourth-order valence-electron chi connectivity index (χ4n) is 1.89. The van der Waals surface area contributed by atoms with Gasteiger partial charge < -0.3 is 19.9 Å². The second-order valence-electron chi connectivity index (χ2n) is 4.58. The van der Waals surface area contributed by atoms with Crippen LogP contribution >= 0.6 is 0 Å². The summed E-state index contributed by atoms with van der Waals surface area (Å²) in [4.78, 5) is 11.6. The lowest BCUT2D eigenvalue weighted by molar-refractivity contribution is -0.154. The Morgan fingerprint density at radius 3 is 2.79 bits per heavy atom. The second kappa shape index (κ2) is 6.54. The number of carbonyl (C=O) groups is 1. The van der Waals surface area contributed by atoms with Crippen molar-refractivity contribution in [3.05, 3.63) is 30.3 Å². The number of nitrogens with two attached hydrogens (primary N) is 1. The summed E-state index contributed by atoms with van der Waals surface area (Å²) in [5.41, 5.74) is 5.64. The van der Waals surface area contributed by atoms with Crippen molar-refractivity contribution in [3.8, 4) is 5.75 Å². The van der Waals surface area contributed by atoms with E-state index in [2.05, 4.69) is 0 Å². The van der Waals surface area contributed by atoms with Crippen molar-refractivity contribution in [2.24, 2.45) is 5.73 Å². The smallest absolute Gasteiger partial charge is 0.325 e. The number of hydrogen-bond acceptors (Lipinski definition) is 5. The fourth-order valence-corrected chi connectivity index (χ4v) is 1.89. The van der Waals surface area contributed by atoms with Gasteiger partial charge in [0.2, 0.25) is 0 Å². The summed E-state index contributed by atoms with van der Waals surface area (Å²) >= 11 is 0. The summed E-state index contributed by atoms with van der Waals surface area (Å²) in [6, 6.07) is 8.72. The maximum Gasteiger partial charge on any atom is 0.325 e. The average Bonchev–Trinajstić information content (AvgIpc) is 2.46. The van der Waals surface area contributed by atoms with Crippen LogP contribution in [0, 0.1) is 0 Å². The highest BCUT2D eigenvalue weighted by molar-refractivity contribution is 5.75. The number of carbonyl (C=O) groups excluding carboxylic acids is 1. The van der Waals surface area contributed by atoms with E-state index in [0.717, 1.165) is 5.75 Å². The van der Waals surface area contributed by atoms with Crippen LogP contribution < -0.4 is 10.5 Å². The quantitative estimate of drug-likeness (QED) is 0.811. The van der Waals surface area contributed by atoms with Gasteiger partial charge in [-0.05, 0) is 19.1 Å². The van der Waals surface area contributed by atoms with E-state index in [4.69, 9.17) is 19.9 Å². The number of rotatable bonds is 2. The first-order valence-electron chi connectivity index (χ1n) is 6.42. The summed E-state index contributed by atoms with van der Waals surface area (Å²) in [6.45, 7) is 2.49. The Bertz CT molecular complexity index is 409. The molecule has 2 rings (SSSR count). The maximum atomic E-state index is 11.6. The lowest BCUT2D eigenvalue weighted by atomic mass is 10.1. The molecule has 0 aliphatic carbocycles. The first-order valence-corrected chi connectivity index (χ1v) is 6.42. The maximum absolute atomic E-state index is 11.6. The van der Waals surface area contributed by atoms with Gasteiger partial charge in [-0.1, -0.05) is 18.2 Å². The van der Waals surface area contributed by atoms with Crippen LogP contribution in [0.15, 0.2) is 30.3 Å². The average molecular weight is 265 g/mol. The van der Waals surface area contributed by atoms with Crippen LogP contribution in [0.3, 0.4) is 0 Å². The monoisotopic (exact) mass is 265 g/mol. The van der Waals surface area contributed by atoms with Crippen LogP contribution in [0.2, 0.25) is 0 Å². The molecular formula is C14H19NO4. The number of esters is 1. The molecule has 1 aliphatic heterocycles. The Hall–Kier alpha value is -1.59. The minimum absolute atomic E-state index is 0.184. The fraction of sp³-hybridized carbons (Fsp3) is 0.500. The highest BCUT2D eigenvalue weighted by Crippen LogP contribution is 2.17. The minimum Gasteiger partial charge on any atom is -0.486 e. The minimum atomic E-state index is -0.724. The van der Waals surface area contributed by atoms with E-state index in [1.165, 1.54) is 0 Å². The third kappa shape index (κ3) is 3.94. The summed E-state index contributed by atoms with van der Waals surface area (Å²) in [5, 5.41) is 0. The molecule has 1 aliphatic rings. The molecular weight excluding hydrogens is 246 g/mol. The van der Waals surface area contributed by atoms with Gasteiger partial charge in [-0.25, -0.2) is 0 Å². The van der Waals surface area contributed by atoms with Gasteiger partial charge in [0.05, 0.1) is 13.2 Å². The van der Waals surface area contributed by atoms with Crippen molar-refractivity contribution >= 4 is 5.97 Å². The molecule has 1 saturated heterocycles. The van der Waals surface area contributed by atoms with Gasteiger partial charge in [0.25, 0.3) is 0 Å². The van der Waals surface area contributed by atoms with Crippen molar-refractivity contribution in [2.45, 2.75) is 31.6 Å². The zero-order chi connectivity index (χ0) is 13.7. The summed E-state index contributed by atoms with van der Waals surface area (Å²) in [7, 11) is 0. The van der Waals surface area contributed by atoms with Crippen LogP contribution in [-0.4, -0.2) is 37.4 Å². The van der Waals surface area contributed by atoms with Crippen LogP contribution in [0.25, 0.3) is 0 Å². The molecule has 0 radical (unpaired) electrons. The van der Waals surface area contributed by atoms with Gasteiger partial charge in [0.1, 0.15) is 24.0 Å². The van der Waals surface area contributed by atoms with Crippen molar-refractivity contribution in [2.75, 3.05) is 13.2 Å². The molecule has 0 bridgehead atoms. The number of cyclic esters (lactones) is 1. The van der Waals surface area contributed by atoms with Crippen LogP contribution in [0.5, 0.6) is 5.75 Å². The lowest BCUT2D eigenvalue weighted by Crippen LogP contribution is -2.40. The van der Waals surface area contributed by atoms with Crippen molar-refractivity contribution in [3.63, 3.8) is 0 Å². The van der Waals surface area contributed by atoms with Gasteiger partial charge in [0, 0.05) is 6.42 Å². The predicted molar refractivity (Wildman–Crippen MR) is 69.8 cm³/mol. The van der Waals surface area contributed by atoms with Crippen molar-refractivity contribution < 1.29 is 19.0 Å². The molecule has 3 atom stereocenters. The first-order chi connectivity index (χ1) is 9.16. The molecule has 5 heteroatoms. The highest BCUT2D eigenvalue weighted by atomic mass is 16.6. The molecule has 0 spiro atoms. The molecule has 19 heavy (non-hydrogen) atoms. The van der Waals surface area contributed by atoms with E-state index in [9.17, 15) is 4.79 Å². The Morgan fingerprint density at radius 1 is 1.32 bits per heavy atom. The zero-order valence-corrected chi connectivity index (χ0v) is 11.0. The Kier molecular flexibility index (Phi) is 4.76. The summed E-state index contributed by atoms with van der Waals surface area (Å²) < 4.78 is 16.5. The molecule has 0 saturated carbocycles. The van der Waals surface area contributed by atoms with Gasteiger partial charge in [-0.2, -0.15) is 0 Å². The van der Waals surface area contributed by atoms with E-state index in [-0.39, 0.29) is 18.8 Å². The highest BCUT2D eigenvalue weighted by Gasteiger charge is 2.27. The second-order valence-corrected chi connectivity index (χ2v) is 4.58. The lowest BCUT2D eigenvalue weighted by Gasteiger charge is -2.24. The topological polar surface area (TPSA) is 70.8 Å². The zero-order valence-electron chi connectivity index (χ0n) is 11.0. The van der Waals surface area contributed by atoms with Gasteiger partial charge in [0.15, 0.2) is 0 Å². The van der Waals surface area contributed by atoms with Crippen LogP contribution in [-0.2, 0) is 14.3 Å². The molecule has 2 unspecified atom stereocenters. The largest absolute Gasteiger partial charge is 0.486 e. The number of hydrogen-bond donors (Lipinski definition) is 1. The van der Waals surface area contributed by atoms with E-state index >= 15 is 0 Å². The number of para-hydroxylation sites is 1. The standard InChI is InChI=1S/C14H19NO4/c1-10-13(19-11-5-3-2-4-6-11)7-8-17-9-12(15)14(16)18-10/h2-6,10,12-13H,7-9,15H2,1H3/t10-,12?,13?/m0/s1. The first kappa shape index (κ1) is 13.8. The van der Waals surface area contributed by atoms with E-state index in [1.807, 2.05) is 37.3 Å². The molecule has 1 fully saturated rings. The summed E-state index contributed by atoms with van der Waals surface area (Å²) in [6.07, 6.45) is 0.0490. The Labute approximate surface area is 112 Å². The van der Waals surface area contributed by atoms with Crippen molar-refractivity contribution in [1.82, 2.24) is 0 Å². The summed E-state index contributed by atoms with van der Waals surface area (Å²) in [5.74, 6) is 0.301. The molecule has 1 aromatic carbocycles. The molecule has 0 amide bonds.